The largest absolute Gasteiger partial charge is 0.481 e. The molecule has 0 heterocycles. The summed E-state index contributed by atoms with van der Waals surface area (Å²) in [7, 11) is 0. The highest BCUT2D eigenvalue weighted by atomic mass is 16.5. The van der Waals surface area contributed by atoms with E-state index in [0.29, 0.717) is 50.7 Å². The molecule has 2 N–H and O–H groups in total. The molecule has 1 rings (SSSR count). The third-order valence-corrected chi connectivity index (χ3v) is 11.2. The number of carboxylic acid groups (broad SMARTS) is 2. The lowest BCUT2D eigenvalue weighted by atomic mass is 9.74. The van der Waals surface area contributed by atoms with Gasteiger partial charge in [0, 0.05) is 6.42 Å². The number of hydrogen-bond donors (Lipinski definition) is 2. The van der Waals surface area contributed by atoms with Crippen LogP contribution in [0.15, 0.2) is 24.3 Å². The molecule has 1 aromatic carbocycles. The molecule has 0 aliphatic heterocycles. The number of rotatable bonds is 37. The molecule has 0 spiro atoms. The molecule has 0 aliphatic carbocycles. The Hall–Kier alpha value is -2.90. The molecule has 0 saturated heterocycles. The zero-order valence-electron chi connectivity index (χ0n) is 38.2. The van der Waals surface area contributed by atoms with Gasteiger partial charge in [-0.1, -0.05) is 195 Å². The summed E-state index contributed by atoms with van der Waals surface area (Å²) < 4.78 is 10.7. The van der Waals surface area contributed by atoms with Crippen molar-refractivity contribution in [3.05, 3.63) is 35.4 Å². The van der Waals surface area contributed by atoms with Gasteiger partial charge >= 0.3 is 23.9 Å². The van der Waals surface area contributed by atoms with Crippen LogP contribution in [0.2, 0.25) is 0 Å². The van der Waals surface area contributed by atoms with Crippen molar-refractivity contribution in [1.29, 1.82) is 0 Å². The van der Waals surface area contributed by atoms with Crippen molar-refractivity contribution in [3.63, 3.8) is 0 Å². The number of carbonyl (C=O) groups is 4. The summed E-state index contributed by atoms with van der Waals surface area (Å²) in [5, 5.41) is 19.0. The first-order chi connectivity index (χ1) is 27.9. The van der Waals surface area contributed by atoms with Gasteiger partial charge in [0.25, 0.3) is 0 Å². The van der Waals surface area contributed by atoms with Gasteiger partial charge in [-0.25, -0.2) is 9.59 Å². The van der Waals surface area contributed by atoms with Gasteiger partial charge in [0.1, 0.15) is 0 Å². The second kappa shape index (κ2) is 37.1. The van der Waals surface area contributed by atoms with Crippen molar-refractivity contribution in [2.75, 3.05) is 13.2 Å². The minimum Gasteiger partial charge on any atom is -0.481 e. The van der Waals surface area contributed by atoms with E-state index in [1.165, 1.54) is 89.9 Å². The second-order valence-electron chi connectivity index (χ2n) is 17.6. The predicted molar refractivity (Wildman–Crippen MR) is 240 cm³/mol. The molecule has 0 amide bonds. The van der Waals surface area contributed by atoms with Crippen LogP contribution >= 0.6 is 0 Å². The van der Waals surface area contributed by atoms with Crippen LogP contribution in [0.4, 0.5) is 0 Å². The molecular formula is C50H88O8. The Labute approximate surface area is 355 Å². The number of carbonyl (C=O) groups excluding carboxylic acids is 2. The van der Waals surface area contributed by atoms with Crippen LogP contribution in [0.25, 0.3) is 0 Å². The molecule has 0 radical (unpaired) electrons. The van der Waals surface area contributed by atoms with Crippen LogP contribution < -0.4 is 0 Å². The first-order valence-corrected chi connectivity index (χ1v) is 23.8. The first-order valence-electron chi connectivity index (χ1n) is 23.8. The Morgan fingerprint density at radius 2 is 0.845 bits per heavy atom. The van der Waals surface area contributed by atoms with E-state index < -0.39 is 29.3 Å². The maximum Gasteiger partial charge on any atom is 0.339 e. The molecule has 1 unspecified atom stereocenters. The third-order valence-electron chi connectivity index (χ3n) is 11.2. The molecule has 1 aromatic rings. The number of esters is 2. The van der Waals surface area contributed by atoms with Crippen molar-refractivity contribution in [3.8, 4) is 0 Å². The van der Waals surface area contributed by atoms with Crippen LogP contribution in [-0.2, 0) is 19.1 Å². The van der Waals surface area contributed by atoms with E-state index in [1.807, 2.05) is 0 Å². The summed E-state index contributed by atoms with van der Waals surface area (Å²) in [5.41, 5.74) is -0.149. The molecular weight excluding hydrogens is 729 g/mol. The van der Waals surface area contributed by atoms with E-state index in [0.717, 1.165) is 64.2 Å². The van der Waals surface area contributed by atoms with Crippen molar-refractivity contribution in [1.82, 2.24) is 0 Å². The van der Waals surface area contributed by atoms with Crippen LogP contribution in [0.3, 0.4) is 0 Å². The highest BCUT2D eigenvalue weighted by Crippen LogP contribution is 2.38. The van der Waals surface area contributed by atoms with E-state index in [2.05, 4.69) is 41.5 Å². The molecule has 8 nitrogen and oxygen atoms in total. The number of aliphatic carboxylic acids is 2. The van der Waals surface area contributed by atoms with Crippen LogP contribution in [0.5, 0.6) is 0 Å². The van der Waals surface area contributed by atoms with E-state index in [-0.39, 0.29) is 17.5 Å². The zero-order valence-corrected chi connectivity index (χ0v) is 38.2. The highest BCUT2D eigenvalue weighted by molar-refractivity contribution is 6.03. The lowest BCUT2D eigenvalue weighted by Crippen LogP contribution is -2.31. The van der Waals surface area contributed by atoms with Gasteiger partial charge in [0.05, 0.1) is 29.8 Å². The number of benzene rings is 1. The van der Waals surface area contributed by atoms with Crippen molar-refractivity contribution < 1.29 is 38.9 Å². The minimum atomic E-state index is -0.826. The Bertz CT molecular complexity index is 1130. The Morgan fingerprint density at radius 3 is 1.19 bits per heavy atom. The van der Waals surface area contributed by atoms with Gasteiger partial charge in [0.15, 0.2) is 0 Å². The molecule has 336 valence electrons. The maximum atomic E-state index is 12.4. The van der Waals surface area contributed by atoms with E-state index in [4.69, 9.17) is 14.6 Å². The summed E-state index contributed by atoms with van der Waals surface area (Å²) >= 11 is 0. The monoisotopic (exact) mass is 817 g/mol. The van der Waals surface area contributed by atoms with Crippen LogP contribution in [-0.4, -0.2) is 47.3 Å². The molecule has 0 bridgehead atoms. The lowest BCUT2D eigenvalue weighted by Gasteiger charge is -2.30. The molecule has 0 aliphatic rings. The van der Waals surface area contributed by atoms with Gasteiger partial charge in [-0.05, 0) is 62.5 Å². The van der Waals surface area contributed by atoms with E-state index >= 15 is 0 Å². The van der Waals surface area contributed by atoms with Crippen molar-refractivity contribution >= 4 is 23.9 Å². The molecule has 0 saturated carbocycles. The summed E-state index contributed by atoms with van der Waals surface area (Å²) in [6, 6.07) is 6.73. The number of unbranched alkanes of at least 4 members (excludes halogenated alkanes) is 18. The van der Waals surface area contributed by atoms with Gasteiger partial charge in [-0.3, -0.25) is 9.59 Å². The zero-order chi connectivity index (χ0) is 43.3. The Balaban J connectivity index is 0.00000112. The Morgan fingerprint density at radius 1 is 0.500 bits per heavy atom. The topological polar surface area (TPSA) is 127 Å². The summed E-state index contributed by atoms with van der Waals surface area (Å²) in [6.45, 7) is 14.1. The SMILES string of the molecule is CC(C)CCCCCOC(=O)c1ccccc1C(=O)OCCCCCC(C)C.CCCCCCCCCCCC(CCCCCCCCC)(CCCC(=O)O)C(=O)O. The molecule has 8 heteroatoms. The smallest absolute Gasteiger partial charge is 0.339 e. The van der Waals surface area contributed by atoms with Gasteiger partial charge in [0.2, 0.25) is 0 Å². The average molecular weight is 817 g/mol. The van der Waals surface area contributed by atoms with E-state index in [9.17, 15) is 24.3 Å². The van der Waals surface area contributed by atoms with Gasteiger partial charge in [-0.2, -0.15) is 0 Å². The lowest BCUT2D eigenvalue weighted by molar-refractivity contribution is -0.151. The summed E-state index contributed by atoms with van der Waals surface area (Å²) in [5.74, 6) is -1.03. The first kappa shape index (κ1) is 55.1. The molecule has 1 atom stereocenters. The Kier molecular flexibility index (Phi) is 35.3. The number of hydrogen-bond acceptors (Lipinski definition) is 6. The van der Waals surface area contributed by atoms with Crippen LogP contribution in [0, 0.1) is 17.3 Å². The average Bonchev–Trinajstić information content (AvgIpc) is 3.18. The maximum absolute atomic E-state index is 12.4. The number of ether oxygens (including phenoxy) is 2. The molecule has 0 fully saturated rings. The van der Waals surface area contributed by atoms with Crippen molar-refractivity contribution in [2.24, 2.45) is 17.3 Å². The fourth-order valence-electron chi connectivity index (χ4n) is 7.46. The van der Waals surface area contributed by atoms with Crippen LogP contribution in [0.1, 0.15) is 248 Å². The second-order valence-corrected chi connectivity index (χ2v) is 17.6. The van der Waals surface area contributed by atoms with Gasteiger partial charge in [-0.15, -0.1) is 0 Å². The fraction of sp³-hybridized carbons (Fsp3) is 0.800. The normalized spacial score (nSPS) is 12.2. The highest BCUT2D eigenvalue weighted by Gasteiger charge is 2.36. The minimum absolute atomic E-state index is 0.0732. The molecule has 0 aromatic heterocycles. The summed E-state index contributed by atoms with van der Waals surface area (Å²) in [6.07, 6.45) is 30.2. The van der Waals surface area contributed by atoms with Crippen molar-refractivity contribution in [2.45, 2.75) is 228 Å². The number of carboxylic acids is 2. The quantitative estimate of drug-likeness (QED) is 0.0502. The predicted octanol–water partition coefficient (Wildman–Crippen LogP) is 14.8. The van der Waals surface area contributed by atoms with E-state index in [1.54, 1.807) is 24.3 Å². The third kappa shape index (κ3) is 30.2. The molecule has 58 heavy (non-hydrogen) atoms. The standard InChI is InChI=1S/C26H50O4.C24H38O4/c1-3-5-7-9-11-12-14-16-18-22-26(25(29)30,23-19-20-24(27)28)21-17-15-13-10-8-6-4-2;1-19(2)13-7-5-11-17-27-23(25)21-15-9-10-16-22(21)24(26)28-18-12-6-8-14-20(3)4/h3-23H2,1-2H3,(H,27,28)(H,29,30);9-10,15-16,19-20H,5-8,11-14,17-18H2,1-4H3. The summed E-state index contributed by atoms with van der Waals surface area (Å²) in [4.78, 5) is 47.9. The van der Waals surface area contributed by atoms with Gasteiger partial charge < -0.3 is 19.7 Å². The fourth-order valence-corrected chi connectivity index (χ4v) is 7.46.